The summed E-state index contributed by atoms with van der Waals surface area (Å²) in [5.41, 5.74) is 3.90. The molecule has 1 rings (SSSR count). The third-order valence-corrected chi connectivity index (χ3v) is 1.52. The molecular formula is C6H4ClF3N2. The van der Waals surface area contributed by atoms with Gasteiger partial charge in [-0.05, 0) is 6.07 Å². The van der Waals surface area contributed by atoms with Gasteiger partial charge in [-0.1, -0.05) is 11.6 Å². The van der Waals surface area contributed by atoms with Gasteiger partial charge in [-0.2, -0.15) is 4.39 Å². The fraction of sp³-hybridized carbons (Fsp3) is 0.167. The average Bonchev–Trinajstić information content (AvgIpc) is 1.99. The summed E-state index contributed by atoms with van der Waals surface area (Å²) in [5, 5.41) is -0.252. The lowest BCUT2D eigenvalue weighted by molar-refractivity contribution is 0.145. The number of nitrogen functional groups attached to an aromatic ring is 1. The van der Waals surface area contributed by atoms with Gasteiger partial charge in [0.25, 0.3) is 6.43 Å². The maximum absolute atomic E-state index is 12.5. The average molecular weight is 197 g/mol. The van der Waals surface area contributed by atoms with E-state index in [-0.39, 0.29) is 5.02 Å². The zero-order valence-corrected chi connectivity index (χ0v) is 6.45. The monoisotopic (exact) mass is 196 g/mol. The van der Waals surface area contributed by atoms with Gasteiger partial charge in [-0.15, -0.1) is 0 Å². The van der Waals surface area contributed by atoms with E-state index in [1.54, 1.807) is 0 Å². The number of pyridine rings is 1. The van der Waals surface area contributed by atoms with E-state index in [2.05, 4.69) is 4.98 Å². The maximum Gasteiger partial charge on any atom is 0.280 e. The topological polar surface area (TPSA) is 38.9 Å². The first-order valence-electron chi connectivity index (χ1n) is 2.92. The number of alkyl halides is 2. The van der Waals surface area contributed by atoms with Crippen LogP contribution < -0.4 is 5.73 Å². The number of nitrogens with zero attached hydrogens (tertiary/aromatic N) is 1. The molecule has 0 atom stereocenters. The second-order valence-electron chi connectivity index (χ2n) is 2.03. The standard InChI is InChI=1S/C6H4ClF3N2/c7-2-1-3(5(8)9)12-6(10)4(2)11/h1,5H,11H2. The number of nitrogens with two attached hydrogens (primary N) is 1. The molecular weight excluding hydrogens is 193 g/mol. The molecule has 0 aromatic carbocycles. The van der Waals surface area contributed by atoms with Crippen LogP contribution >= 0.6 is 11.6 Å². The highest BCUT2D eigenvalue weighted by Gasteiger charge is 2.14. The molecule has 2 nitrogen and oxygen atoms in total. The van der Waals surface area contributed by atoms with Crippen LogP contribution in [0.1, 0.15) is 12.1 Å². The van der Waals surface area contributed by atoms with Crippen LogP contribution in [0.25, 0.3) is 0 Å². The molecule has 1 heterocycles. The molecule has 0 spiro atoms. The van der Waals surface area contributed by atoms with Crippen LogP contribution in [0.4, 0.5) is 18.9 Å². The number of hydrogen-bond acceptors (Lipinski definition) is 2. The summed E-state index contributed by atoms with van der Waals surface area (Å²) >= 11 is 5.32. The van der Waals surface area contributed by atoms with Crippen molar-refractivity contribution in [1.82, 2.24) is 4.98 Å². The lowest BCUT2D eigenvalue weighted by Crippen LogP contribution is -1.99. The molecule has 0 saturated heterocycles. The zero-order valence-electron chi connectivity index (χ0n) is 5.69. The van der Waals surface area contributed by atoms with Gasteiger partial charge in [0.1, 0.15) is 11.4 Å². The van der Waals surface area contributed by atoms with Crippen molar-refractivity contribution < 1.29 is 13.2 Å². The van der Waals surface area contributed by atoms with Gasteiger partial charge < -0.3 is 5.73 Å². The van der Waals surface area contributed by atoms with E-state index in [0.29, 0.717) is 0 Å². The largest absolute Gasteiger partial charge is 0.394 e. The summed E-state index contributed by atoms with van der Waals surface area (Å²) in [6.45, 7) is 0. The van der Waals surface area contributed by atoms with Crippen molar-refractivity contribution >= 4 is 17.3 Å². The highest BCUT2D eigenvalue weighted by Crippen LogP contribution is 2.25. The first kappa shape index (κ1) is 9.12. The maximum atomic E-state index is 12.5. The smallest absolute Gasteiger partial charge is 0.280 e. The number of anilines is 1. The number of aromatic nitrogens is 1. The Hall–Kier alpha value is -0.970. The number of hydrogen-bond donors (Lipinski definition) is 1. The van der Waals surface area contributed by atoms with Crippen LogP contribution in [0.2, 0.25) is 5.02 Å². The SMILES string of the molecule is Nc1c(Cl)cc(C(F)F)nc1F. The molecule has 0 aliphatic carbocycles. The fourth-order valence-electron chi connectivity index (χ4n) is 0.624. The highest BCUT2D eigenvalue weighted by atomic mass is 35.5. The van der Waals surface area contributed by atoms with Crippen LogP contribution in [-0.4, -0.2) is 4.98 Å². The minimum atomic E-state index is -2.85. The normalized spacial score (nSPS) is 10.8. The molecule has 2 N–H and O–H groups in total. The van der Waals surface area contributed by atoms with Gasteiger partial charge in [-0.25, -0.2) is 13.8 Å². The van der Waals surface area contributed by atoms with E-state index in [1.165, 1.54) is 0 Å². The Bertz CT molecular complexity index is 280. The van der Waals surface area contributed by atoms with Gasteiger partial charge in [0.05, 0.1) is 5.02 Å². The minimum absolute atomic E-state index is 0.252. The second-order valence-corrected chi connectivity index (χ2v) is 2.44. The van der Waals surface area contributed by atoms with Crippen molar-refractivity contribution in [3.63, 3.8) is 0 Å². The molecule has 0 radical (unpaired) electrons. The summed E-state index contributed by atoms with van der Waals surface area (Å²) in [4.78, 5) is 2.91. The van der Waals surface area contributed by atoms with Crippen molar-refractivity contribution in [3.8, 4) is 0 Å². The van der Waals surface area contributed by atoms with Gasteiger partial charge in [0, 0.05) is 0 Å². The summed E-state index contributed by atoms with van der Waals surface area (Å²) in [7, 11) is 0. The van der Waals surface area contributed by atoms with Crippen molar-refractivity contribution in [3.05, 3.63) is 22.7 Å². The third-order valence-electron chi connectivity index (χ3n) is 1.20. The van der Waals surface area contributed by atoms with Crippen LogP contribution in [0.5, 0.6) is 0 Å². The van der Waals surface area contributed by atoms with Gasteiger partial charge in [-0.3, -0.25) is 0 Å². The molecule has 6 heteroatoms. The summed E-state index contributed by atoms with van der Waals surface area (Å²) in [6.07, 6.45) is -2.85. The second kappa shape index (κ2) is 3.18. The Kier molecular flexibility index (Phi) is 2.42. The Balaban J connectivity index is 3.21. The van der Waals surface area contributed by atoms with Crippen molar-refractivity contribution in [2.45, 2.75) is 6.43 Å². The predicted octanol–water partition coefficient (Wildman–Crippen LogP) is 2.39. The van der Waals surface area contributed by atoms with Crippen LogP contribution in [-0.2, 0) is 0 Å². The first-order valence-corrected chi connectivity index (χ1v) is 3.29. The quantitative estimate of drug-likeness (QED) is 0.701. The lowest BCUT2D eigenvalue weighted by atomic mass is 10.3. The number of halogens is 4. The third kappa shape index (κ3) is 1.61. The van der Waals surface area contributed by atoms with Gasteiger partial charge in [0.15, 0.2) is 0 Å². The lowest BCUT2D eigenvalue weighted by Gasteiger charge is -2.02. The molecule has 0 unspecified atom stereocenters. The molecule has 0 aliphatic heterocycles. The van der Waals surface area contributed by atoms with Crippen molar-refractivity contribution in [1.29, 1.82) is 0 Å². The summed E-state index contributed by atoms with van der Waals surface area (Å²) in [5.74, 6) is -1.17. The van der Waals surface area contributed by atoms with Gasteiger partial charge >= 0.3 is 0 Å². The van der Waals surface area contributed by atoms with E-state index in [0.717, 1.165) is 6.07 Å². The van der Waals surface area contributed by atoms with Crippen molar-refractivity contribution in [2.75, 3.05) is 5.73 Å². The Morgan fingerprint density at radius 2 is 2.08 bits per heavy atom. The van der Waals surface area contributed by atoms with Crippen LogP contribution in [0.15, 0.2) is 6.07 Å². The Labute approximate surface area is 71.2 Å². The first-order chi connectivity index (χ1) is 5.52. The molecule has 0 saturated carbocycles. The molecule has 0 aliphatic rings. The molecule has 0 fully saturated rings. The molecule has 66 valence electrons. The Morgan fingerprint density at radius 3 is 2.50 bits per heavy atom. The minimum Gasteiger partial charge on any atom is -0.394 e. The molecule has 0 amide bonds. The highest BCUT2D eigenvalue weighted by molar-refractivity contribution is 6.33. The van der Waals surface area contributed by atoms with Crippen molar-refractivity contribution in [2.24, 2.45) is 0 Å². The number of rotatable bonds is 1. The van der Waals surface area contributed by atoms with E-state index < -0.39 is 23.8 Å². The van der Waals surface area contributed by atoms with Crippen LogP contribution in [0.3, 0.4) is 0 Å². The summed E-state index contributed by atoms with van der Waals surface area (Å²) in [6, 6.07) is 0.838. The van der Waals surface area contributed by atoms with E-state index in [9.17, 15) is 13.2 Å². The van der Waals surface area contributed by atoms with E-state index in [1.807, 2.05) is 0 Å². The van der Waals surface area contributed by atoms with E-state index in [4.69, 9.17) is 17.3 Å². The van der Waals surface area contributed by atoms with Crippen LogP contribution in [0, 0.1) is 5.95 Å². The Morgan fingerprint density at radius 1 is 1.50 bits per heavy atom. The van der Waals surface area contributed by atoms with Gasteiger partial charge in [0.2, 0.25) is 5.95 Å². The molecule has 1 aromatic rings. The molecule has 0 bridgehead atoms. The fourth-order valence-corrected chi connectivity index (χ4v) is 0.814. The summed E-state index contributed by atoms with van der Waals surface area (Å²) < 4.78 is 36.4. The zero-order chi connectivity index (χ0) is 9.30. The molecule has 1 aromatic heterocycles. The van der Waals surface area contributed by atoms with E-state index >= 15 is 0 Å². The molecule has 12 heavy (non-hydrogen) atoms. The predicted molar refractivity (Wildman–Crippen MR) is 38.6 cm³/mol.